The van der Waals surface area contributed by atoms with Gasteiger partial charge in [-0.2, -0.15) is 0 Å². The van der Waals surface area contributed by atoms with Crippen molar-refractivity contribution in [1.29, 1.82) is 0 Å². The van der Waals surface area contributed by atoms with Crippen LogP contribution in [-0.4, -0.2) is 28.1 Å². The highest BCUT2D eigenvalue weighted by Gasteiger charge is 2.21. The molecule has 3 heteroatoms. The van der Waals surface area contributed by atoms with Crippen molar-refractivity contribution in [1.82, 2.24) is 9.88 Å². The number of pyridine rings is 1. The first kappa shape index (κ1) is 11.4. The zero-order chi connectivity index (χ0) is 11.5. The summed E-state index contributed by atoms with van der Waals surface area (Å²) in [5.41, 5.74) is 1.04. The number of hydrogen-bond acceptors (Lipinski definition) is 3. The Morgan fingerprint density at radius 2 is 2.00 bits per heavy atom. The Kier molecular flexibility index (Phi) is 3.44. The number of rotatable bonds is 2. The number of aromatic hydroxyl groups is 1. The SMILES string of the molecule is CC1CC(C)CN(Cc2ccc(O)cn2)C1. The first-order valence-electron chi connectivity index (χ1n) is 5.99. The van der Waals surface area contributed by atoms with Crippen LogP contribution in [0.1, 0.15) is 26.0 Å². The third-order valence-corrected chi connectivity index (χ3v) is 3.14. The van der Waals surface area contributed by atoms with Crippen molar-refractivity contribution in [3.8, 4) is 5.75 Å². The fourth-order valence-electron chi connectivity index (χ4n) is 2.66. The fourth-order valence-corrected chi connectivity index (χ4v) is 2.66. The van der Waals surface area contributed by atoms with E-state index in [0.717, 1.165) is 37.2 Å². The van der Waals surface area contributed by atoms with E-state index < -0.39 is 0 Å². The van der Waals surface area contributed by atoms with Crippen LogP contribution >= 0.6 is 0 Å². The molecule has 16 heavy (non-hydrogen) atoms. The average molecular weight is 220 g/mol. The second kappa shape index (κ2) is 4.83. The van der Waals surface area contributed by atoms with Crippen molar-refractivity contribution in [2.24, 2.45) is 11.8 Å². The van der Waals surface area contributed by atoms with Gasteiger partial charge >= 0.3 is 0 Å². The van der Waals surface area contributed by atoms with Gasteiger partial charge in [0.15, 0.2) is 0 Å². The molecule has 88 valence electrons. The third kappa shape index (κ3) is 2.95. The minimum Gasteiger partial charge on any atom is -0.506 e. The van der Waals surface area contributed by atoms with E-state index in [4.69, 9.17) is 0 Å². The molecule has 1 aromatic rings. The highest BCUT2D eigenvalue weighted by atomic mass is 16.3. The van der Waals surface area contributed by atoms with Gasteiger partial charge in [-0.15, -0.1) is 0 Å². The highest BCUT2D eigenvalue weighted by Crippen LogP contribution is 2.22. The van der Waals surface area contributed by atoms with Gasteiger partial charge in [-0.3, -0.25) is 9.88 Å². The second-order valence-electron chi connectivity index (χ2n) is 5.15. The maximum absolute atomic E-state index is 9.17. The Hall–Kier alpha value is -1.09. The summed E-state index contributed by atoms with van der Waals surface area (Å²) in [4.78, 5) is 6.69. The van der Waals surface area contributed by atoms with Crippen molar-refractivity contribution < 1.29 is 5.11 Å². The molecule has 1 aliphatic heterocycles. The van der Waals surface area contributed by atoms with Crippen LogP contribution in [0.5, 0.6) is 5.75 Å². The van der Waals surface area contributed by atoms with Crippen molar-refractivity contribution in [2.75, 3.05) is 13.1 Å². The van der Waals surface area contributed by atoms with E-state index >= 15 is 0 Å². The topological polar surface area (TPSA) is 36.4 Å². The molecule has 0 spiro atoms. The summed E-state index contributed by atoms with van der Waals surface area (Å²) in [6.07, 6.45) is 2.85. The summed E-state index contributed by atoms with van der Waals surface area (Å²) >= 11 is 0. The summed E-state index contributed by atoms with van der Waals surface area (Å²) in [5.74, 6) is 1.80. The van der Waals surface area contributed by atoms with Gasteiger partial charge in [0.1, 0.15) is 5.75 Å². The minimum atomic E-state index is 0.240. The fraction of sp³-hybridized carbons (Fsp3) is 0.615. The number of piperidine rings is 1. The van der Waals surface area contributed by atoms with Crippen molar-refractivity contribution in [2.45, 2.75) is 26.8 Å². The standard InChI is InChI=1S/C13H20N2O/c1-10-5-11(2)8-15(7-10)9-12-3-4-13(16)6-14-12/h3-4,6,10-11,16H,5,7-9H2,1-2H3. The van der Waals surface area contributed by atoms with Gasteiger partial charge in [-0.1, -0.05) is 13.8 Å². The van der Waals surface area contributed by atoms with Crippen molar-refractivity contribution >= 4 is 0 Å². The molecule has 0 aromatic carbocycles. The molecular weight excluding hydrogens is 200 g/mol. The lowest BCUT2D eigenvalue weighted by Crippen LogP contribution is -2.38. The largest absolute Gasteiger partial charge is 0.506 e. The minimum absolute atomic E-state index is 0.240. The molecule has 0 saturated carbocycles. The lowest BCUT2D eigenvalue weighted by Gasteiger charge is -2.34. The van der Waals surface area contributed by atoms with Gasteiger partial charge in [0, 0.05) is 19.6 Å². The molecule has 0 bridgehead atoms. The molecule has 1 saturated heterocycles. The molecule has 2 rings (SSSR count). The van der Waals surface area contributed by atoms with Crippen molar-refractivity contribution in [3.05, 3.63) is 24.0 Å². The van der Waals surface area contributed by atoms with Crippen molar-refractivity contribution in [3.63, 3.8) is 0 Å². The zero-order valence-electron chi connectivity index (χ0n) is 10.1. The Morgan fingerprint density at radius 3 is 2.56 bits per heavy atom. The molecule has 3 nitrogen and oxygen atoms in total. The number of likely N-dealkylation sites (tertiary alicyclic amines) is 1. The average Bonchev–Trinajstić information content (AvgIpc) is 2.20. The second-order valence-corrected chi connectivity index (χ2v) is 5.15. The first-order valence-corrected chi connectivity index (χ1v) is 5.99. The quantitative estimate of drug-likeness (QED) is 0.830. The van der Waals surface area contributed by atoms with Gasteiger partial charge in [0.2, 0.25) is 0 Å². The molecule has 0 amide bonds. The molecule has 2 unspecified atom stereocenters. The molecule has 1 fully saturated rings. The lowest BCUT2D eigenvalue weighted by atomic mass is 9.92. The summed E-state index contributed by atoms with van der Waals surface area (Å²) in [6.45, 7) is 7.84. The Labute approximate surface area is 97.1 Å². The molecule has 2 atom stereocenters. The van der Waals surface area contributed by atoms with Gasteiger partial charge in [0.25, 0.3) is 0 Å². The predicted molar refractivity (Wildman–Crippen MR) is 64.1 cm³/mol. The smallest absolute Gasteiger partial charge is 0.133 e. The monoisotopic (exact) mass is 220 g/mol. The number of aromatic nitrogens is 1. The van der Waals surface area contributed by atoms with Gasteiger partial charge < -0.3 is 5.11 Å². The molecular formula is C13H20N2O. The van der Waals surface area contributed by atoms with Crippen LogP contribution in [0.4, 0.5) is 0 Å². The van der Waals surface area contributed by atoms with E-state index in [9.17, 15) is 5.11 Å². The number of hydrogen-bond donors (Lipinski definition) is 1. The Bertz CT molecular complexity index is 326. The highest BCUT2D eigenvalue weighted by molar-refractivity contribution is 5.17. The molecule has 2 heterocycles. The Morgan fingerprint density at radius 1 is 1.31 bits per heavy atom. The predicted octanol–water partition coefficient (Wildman–Crippen LogP) is 2.27. The van der Waals surface area contributed by atoms with E-state index in [1.165, 1.54) is 12.6 Å². The molecule has 1 aromatic heterocycles. The van der Waals surface area contributed by atoms with Crippen LogP contribution in [0, 0.1) is 11.8 Å². The van der Waals surface area contributed by atoms with E-state index in [0.29, 0.717) is 0 Å². The van der Waals surface area contributed by atoms with E-state index in [1.807, 2.05) is 6.07 Å². The molecule has 0 aliphatic carbocycles. The van der Waals surface area contributed by atoms with Crippen LogP contribution in [0.3, 0.4) is 0 Å². The summed E-state index contributed by atoms with van der Waals surface area (Å²) in [7, 11) is 0. The molecule has 1 N–H and O–H groups in total. The molecule has 1 aliphatic rings. The van der Waals surface area contributed by atoms with Crippen LogP contribution in [-0.2, 0) is 6.54 Å². The van der Waals surface area contributed by atoms with E-state index in [-0.39, 0.29) is 5.75 Å². The molecule has 0 radical (unpaired) electrons. The van der Waals surface area contributed by atoms with Crippen LogP contribution in [0.15, 0.2) is 18.3 Å². The summed E-state index contributed by atoms with van der Waals surface area (Å²) < 4.78 is 0. The van der Waals surface area contributed by atoms with Crippen LogP contribution in [0.2, 0.25) is 0 Å². The normalized spacial score (nSPS) is 26.9. The lowest BCUT2D eigenvalue weighted by molar-refractivity contribution is 0.133. The maximum Gasteiger partial charge on any atom is 0.133 e. The van der Waals surface area contributed by atoms with E-state index in [2.05, 4.69) is 23.7 Å². The zero-order valence-corrected chi connectivity index (χ0v) is 10.1. The summed E-state index contributed by atoms with van der Waals surface area (Å²) in [6, 6.07) is 3.61. The van der Waals surface area contributed by atoms with Crippen LogP contribution in [0.25, 0.3) is 0 Å². The Balaban J connectivity index is 1.96. The van der Waals surface area contributed by atoms with Gasteiger partial charge in [0.05, 0.1) is 11.9 Å². The maximum atomic E-state index is 9.17. The van der Waals surface area contributed by atoms with Crippen LogP contribution < -0.4 is 0 Å². The van der Waals surface area contributed by atoms with Gasteiger partial charge in [-0.25, -0.2) is 0 Å². The van der Waals surface area contributed by atoms with Gasteiger partial charge in [-0.05, 0) is 30.4 Å². The first-order chi connectivity index (χ1) is 7.63. The summed E-state index contributed by atoms with van der Waals surface area (Å²) in [5, 5.41) is 9.17. The van der Waals surface area contributed by atoms with E-state index in [1.54, 1.807) is 6.07 Å². The number of nitrogens with zero attached hydrogens (tertiary/aromatic N) is 2. The third-order valence-electron chi connectivity index (χ3n) is 3.14.